The first-order chi connectivity index (χ1) is 10.2. The molecule has 0 saturated carbocycles. The number of aromatic nitrogens is 3. The number of carbonyl (C=O) groups is 1. The number of amides is 1. The van der Waals surface area contributed by atoms with Crippen LogP contribution in [-0.2, 0) is 4.79 Å². The molecule has 0 unspecified atom stereocenters. The van der Waals surface area contributed by atoms with Crippen LogP contribution in [0.4, 0.5) is 5.69 Å². The molecule has 3 heterocycles. The summed E-state index contributed by atoms with van der Waals surface area (Å²) in [6.07, 6.45) is 6.93. The SMILES string of the molecule is C[C@H]1C[C@@H](C(=O)Nc2cccnc2-n2cccn2)CCN1. The summed E-state index contributed by atoms with van der Waals surface area (Å²) in [6, 6.07) is 5.88. The lowest BCUT2D eigenvalue weighted by atomic mass is 9.92. The lowest BCUT2D eigenvalue weighted by Gasteiger charge is -2.27. The quantitative estimate of drug-likeness (QED) is 0.898. The van der Waals surface area contributed by atoms with Gasteiger partial charge in [-0.05, 0) is 44.5 Å². The monoisotopic (exact) mass is 285 g/mol. The van der Waals surface area contributed by atoms with E-state index >= 15 is 0 Å². The van der Waals surface area contributed by atoms with Crippen molar-refractivity contribution in [3.05, 3.63) is 36.8 Å². The Morgan fingerprint density at radius 3 is 3.10 bits per heavy atom. The van der Waals surface area contributed by atoms with Crippen molar-refractivity contribution in [3.8, 4) is 5.82 Å². The largest absolute Gasteiger partial charge is 0.323 e. The lowest BCUT2D eigenvalue weighted by Crippen LogP contribution is -2.40. The molecule has 0 bridgehead atoms. The molecule has 1 amide bonds. The normalized spacial score (nSPS) is 22.0. The Morgan fingerprint density at radius 2 is 2.33 bits per heavy atom. The van der Waals surface area contributed by atoms with E-state index in [1.807, 2.05) is 24.4 Å². The Morgan fingerprint density at radius 1 is 1.43 bits per heavy atom. The third kappa shape index (κ3) is 3.11. The van der Waals surface area contributed by atoms with Gasteiger partial charge in [-0.2, -0.15) is 5.10 Å². The van der Waals surface area contributed by atoms with Crippen LogP contribution in [0.1, 0.15) is 19.8 Å². The highest BCUT2D eigenvalue weighted by Gasteiger charge is 2.25. The number of rotatable bonds is 3. The predicted octanol–water partition coefficient (Wildman–Crippen LogP) is 1.59. The van der Waals surface area contributed by atoms with Gasteiger partial charge in [-0.15, -0.1) is 0 Å². The number of nitrogens with one attached hydrogen (secondary N) is 2. The molecule has 0 radical (unpaired) electrons. The van der Waals surface area contributed by atoms with Crippen LogP contribution < -0.4 is 10.6 Å². The van der Waals surface area contributed by atoms with E-state index in [1.54, 1.807) is 17.1 Å². The van der Waals surface area contributed by atoms with E-state index in [1.165, 1.54) is 0 Å². The molecular formula is C15H19N5O. The molecule has 1 aliphatic rings. The Kier molecular flexibility index (Phi) is 3.96. The second kappa shape index (κ2) is 6.05. The molecule has 1 saturated heterocycles. The maximum Gasteiger partial charge on any atom is 0.227 e. The van der Waals surface area contributed by atoms with Crippen LogP contribution in [-0.4, -0.2) is 33.3 Å². The second-order valence-electron chi connectivity index (χ2n) is 5.39. The molecule has 21 heavy (non-hydrogen) atoms. The molecule has 1 aliphatic heterocycles. The standard InChI is InChI=1S/C15H19N5O/c1-11-10-12(5-8-16-11)15(21)19-13-4-2-6-17-14(13)20-9-3-7-18-20/h2-4,6-7,9,11-12,16H,5,8,10H2,1H3,(H,19,21)/t11-,12-/m0/s1. The minimum Gasteiger partial charge on any atom is -0.323 e. The third-order valence-electron chi connectivity index (χ3n) is 3.76. The molecule has 3 rings (SSSR count). The van der Waals surface area contributed by atoms with Gasteiger partial charge < -0.3 is 10.6 Å². The molecule has 2 aromatic rings. The highest BCUT2D eigenvalue weighted by atomic mass is 16.1. The van der Waals surface area contributed by atoms with Crippen LogP contribution in [0.2, 0.25) is 0 Å². The van der Waals surface area contributed by atoms with Gasteiger partial charge in [-0.25, -0.2) is 9.67 Å². The Bertz CT molecular complexity index is 610. The van der Waals surface area contributed by atoms with Gasteiger partial charge in [-0.1, -0.05) is 0 Å². The molecule has 2 N–H and O–H groups in total. The van der Waals surface area contributed by atoms with Crippen LogP contribution in [0.3, 0.4) is 0 Å². The van der Waals surface area contributed by atoms with Gasteiger partial charge in [0, 0.05) is 30.6 Å². The Balaban J connectivity index is 1.77. The summed E-state index contributed by atoms with van der Waals surface area (Å²) in [5.41, 5.74) is 0.692. The fourth-order valence-corrected chi connectivity index (χ4v) is 2.68. The molecule has 0 aliphatic carbocycles. The first-order valence-electron chi connectivity index (χ1n) is 7.23. The van der Waals surface area contributed by atoms with Crippen molar-refractivity contribution in [3.63, 3.8) is 0 Å². The zero-order valence-electron chi connectivity index (χ0n) is 12.0. The van der Waals surface area contributed by atoms with Crippen molar-refractivity contribution < 1.29 is 4.79 Å². The van der Waals surface area contributed by atoms with Crippen LogP contribution in [0.5, 0.6) is 0 Å². The molecule has 0 spiro atoms. The van der Waals surface area contributed by atoms with E-state index in [4.69, 9.17) is 0 Å². The number of nitrogens with zero attached hydrogens (tertiary/aromatic N) is 3. The first kappa shape index (κ1) is 13.8. The van der Waals surface area contributed by atoms with E-state index in [2.05, 4.69) is 27.6 Å². The molecular weight excluding hydrogens is 266 g/mol. The zero-order chi connectivity index (χ0) is 14.7. The van der Waals surface area contributed by atoms with Crippen molar-refractivity contribution in [2.45, 2.75) is 25.8 Å². The zero-order valence-corrected chi connectivity index (χ0v) is 12.0. The summed E-state index contributed by atoms with van der Waals surface area (Å²) < 4.78 is 1.65. The maximum atomic E-state index is 12.4. The Hall–Kier alpha value is -2.21. The fraction of sp³-hybridized carbons (Fsp3) is 0.400. The van der Waals surface area contributed by atoms with E-state index in [0.29, 0.717) is 17.5 Å². The van der Waals surface area contributed by atoms with Gasteiger partial charge in [0.25, 0.3) is 0 Å². The van der Waals surface area contributed by atoms with Crippen molar-refractivity contribution in [1.29, 1.82) is 0 Å². The number of hydrogen-bond acceptors (Lipinski definition) is 4. The maximum absolute atomic E-state index is 12.4. The third-order valence-corrected chi connectivity index (χ3v) is 3.76. The number of pyridine rings is 1. The number of anilines is 1. The molecule has 110 valence electrons. The lowest BCUT2D eigenvalue weighted by molar-refractivity contribution is -0.120. The average Bonchev–Trinajstić information content (AvgIpc) is 3.02. The highest BCUT2D eigenvalue weighted by molar-refractivity contribution is 5.94. The van der Waals surface area contributed by atoms with Crippen molar-refractivity contribution in [2.24, 2.45) is 5.92 Å². The molecule has 6 nitrogen and oxygen atoms in total. The molecule has 0 aromatic carbocycles. The van der Waals surface area contributed by atoms with Crippen LogP contribution in [0, 0.1) is 5.92 Å². The van der Waals surface area contributed by atoms with Gasteiger partial charge in [0.1, 0.15) is 0 Å². The van der Waals surface area contributed by atoms with Gasteiger partial charge in [0.15, 0.2) is 5.82 Å². The van der Waals surface area contributed by atoms with Gasteiger partial charge >= 0.3 is 0 Å². The minimum atomic E-state index is 0.0481. The molecule has 2 aromatic heterocycles. The van der Waals surface area contributed by atoms with Gasteiger partial charge in [0.05, 0.1) is 5.69 Å². The van der Waals surface area contributed by atoms with Crippen LogP contribution in [0.15, 0.2) is 36.8 Å². The van der Waals surface area contributed by atoms with Crippen LogP contribution in [0.25, 0.3) is 5.82 Å². The van der Waals surface area contributed by atoms with E-state index in [0.717, 1.165) is 19.4 Å². The van der Waals surface area contributed by atoms with E-state index < -0.39 is 0 Å². The number of carbonyl (C=O) groups excluding carboxylic acids is 1. The second-order valence-corrected chi connectivity index (χ2v) is 5.39. The molecule has 2 atom stereocenters. The van der Waals surface area contributed by atoms with Gasteiger partial charge in [0.2, 0.25) is 5.91 Å². The van der Waals surface area contributed by atoms with Crippen molar-refractivity contribution >= 4 is 11.6 Å². The minimum absolute atomic E-state index is 0.0481. The predicted molar refractivity (Wildman–Crippen MR) is 80.2 cm³/mol. The summed E-state index contributed by atoms with van der Waals surface area (Å²) in [5.74, 6) is 0.745. The topological polar surface area (TPSA) is 71.8 Å². The van der Waals surface area contributed by atoms with Crippen LogP contribution >= 0.6 is 0 Å². The van der Waals surface area contributed by atoms with Crippen molar-refractivity contribution in [1.82, 2.24) is 20.1 Å². The average molecular weight is 285 g/mol. The summed E-state index contributed by atoms with van der Waals surface area (Å²) >= 11 is 0. The van der Waals surface area contributed by atoms with E-state index in [-0.39, 0.29) is 11.8 Å². The Labute approximate surface area is 123 Å². The number of hydrogen-bond donors (Lipinski definition) is 2. The highest BCUT2D eigenvalue weighted by Crippen LogP contribution is 2.21. The molecule has 1 fully saturated rings. The van der Waals surface area contributed by atoms with E-state index in [9.17, 15) is 4.79 Å². The molecule has 6 heteroatoms. The smallest absolute Gasteiger partial charge is 0.227 e. The summed E-state index contributed by atoms with van der Waals surface area (Å²) in [4.78, 5) is 16.7. The van der Waals surface area contributed by atoms with Crippen molar-refractivity contribution in [2.75, 3.05) is 11.9 Å². The summed E-state index contributed by atoms with van der Waals surface area (Å²) in [6.45, 7) is 3.00. The number of piperidine rings is 1. The first-order valence-corrected chi connectivity index (χ1v) is 7.23. The summed E-state index contributed by atoms with van der Waals surface area (Å²) in [5, 5.41) is 10.5. The summed E-state index contributed by atoms with van der Waals surface area (Å²) in [7, 11) is 0. The van der Waals surface area contributed by atoms with Gasteiger partial charge in [-0.3, -0.25) is 4.79 Å². The fourth-order valence-electron chi connectivity index (χ4n) is 2.68.